The normalized spacial score (nSPS) is 11.1. The van der Waals surface area contributed by atoms with Gasteiger partial charge in [0.25, 0.3) is 0 Å². The van der Waals surface area contributed by atoms with E-state index in [1.165, 1.54) is 0 Å². The average Bonchev–Trinajstić information content (AvgIpc) is 2.34. The molecule has 1 N–H and O–H groups in total. The summed E-state index contributed by atoms with van der Waals surface area (Å²) in [5, 5.41) is 0. The minimum atomic E-state index is -4.06. The van der Waals surface area contributed by atoms with Gasteiger partial charge >= 0.3 is 5.97 Å². The summed E-state index contributed by atoms with van der Waals surface area (Å²) in [7, 11) is -2.37. The van der Waals surface area contributed by atoms with Crippen LogP contribution in [-0.2, 0) is 14.8 Å². The van der Waals surface area contributed by atoms with Crippen LogP contribution in [0.25, 0.3) is 0 Å². The Kier molecular flexibility index (Phi) is 4.48. The van der Waals surface area contributed by atoms with E-state index < -0.39 is 50.4 Å². The molecule has 0 saturated carbocycles. The third kappa shape index (κ3) is 2.95. The zero-order valence-corrected chi connectivity index (χ0v) is 11.4. The van der Waals surface area contributed by atoms with Gasteiger partial charge in [-0.05, 0) is 0 Å². The molecule has 0 fully saturated rings. The van der Waals surface area contributed by atoms with Crippen LogP contribution in [0.3, 0.4) is 0 Å². The number of carbonyl (C=O) groups is 1. The van der Waals surface area contributed by atoms with Gasteiger partial charge in [0.05, 0.1) is 20.5 Å². The Morgan fingerprint density at radius 3 is 2.05 bits per heavy atom. The van der Waals surface area contributed by atoms with E-state index >= 15 is 0 Å². The van der Waals surface area contributed by atoms with Crippen LogP contribution in [0.15, 0.2) is 0 Å². The van der Waals surface area contributed by atoms with Crippen LogP contribution in [-0.4, -0.2) is 34.9 Å². The fraction of sp³-hybridized carbons (Fsp3) is 0.300. The van der Waals surface area contributed by atoms with Crippen LogP contribution >= 0.6 is 0 Å². The van der Waals surface area contributed by atoms with Gasteiger partial charge in [0.1, 0.15) is 11.3 Å². The van der Waals surface area contributed by atoms with Crippen molar-refractivity contribution in [1.82, 2.24) is 0 Å². The zero-order valence-electron chi connectivity index (χ0n) is 10.6. The molecule has 20 heavy (non-hydrogen) atoms. The summed E-state index contributed by atoms with van der Waals surface area (Å²) >= 11 is 0. The van der Waals surface area contributed by atoms with E-state index in [1.54, 1.807) is 4.72 Å². The largest absolute Gasteiger partial charge is 0.491 e. The molecule has 0 heterocycles. The second-order valence-electron chi connectivity index (χ2n) is 3.59. The Morgan fingerprint density at radius 1 is 1.10 bits per heavy atom. The number of nitrogens with one attached hydrogen (secondary N) is 1. The molecular weight excluding hydrogens is 303 g/mol. The lowest BCUT2D eigenvalue weighted by Gasteiger charge is -2.14. The van der Waals surface area contributed by atoms with Crippen molar-refractivity contribution < 1.29 is 35.9 Å². The van der Waals surface area contributed by atoms with Gasteiger partial charge in [0.15, 0.2) is 17.4 Å². The maximum atomic E-state index is 13.9. The number of rotatable bonds is 4. The molecule has 0 aliphatic carbocycles. The molecule has 112 valence electrons. The molecule has 0 aromatic heterocycles. The summed E-state index contributed by atoms with van der Waals surface area (Å²) in [6, 6.07) is 0. The molecular formula is C10H10F3NO5S. The molecule has 10 heteroatoms. The second kappa shape index (κ2) is 5.57. The molecule has 0 unspecified atom stereocenters. The SMILES string of the molecule is COC(=O)c1c(F)c(F)c(OC)c(F)c1NS(C)(=O)=O. The van der Waals surface area contributed by atoms with Crippen molar-refractivity contribution in [3.05, 3.63) is 23.0 Å². The van der Waals surface area contributed by atoms with Gasteiger partial charge in [-0.25, -0.2) is 22.0 Å². The van der Waals surface area contributed by atoms with Crippen LogP contribution in [0.2, 0.25) is 0 Å². The Morgan fingerprint density at radius 2 is 1.65 bits per heavy atom. The van der Waals surface area contributed by atoms with Crippen LogP contribution < -0.4 is 9.46 Å². The van der Waals surface area contributed by atoms with Crippen LogP contribution in [0, 0.1) is 17.5 Å². The molecule has 6 nitrogen and oxygen atoms in total. The van der Waals surface area contributed by atoms with Gasteiger partial charge in [-0.15, -0.1) is 0 Å². The molecule has 0 aliphatic rings. The third-order valence-corrected chi connectivity index (χ3v) is 2.74. The Bertz CT molecular complexity index is 660. The van der Waals surface area contributed by atoms with Crippen LogP contribution in [0.1, 0.15) is 10.4 Å². The number of methoxy groups -OCH3 is 2. The number of benzene rings is 1. The number of halogens is 3. The van der Waals surface area contributed by atoms with E-state index in [9.17, 15) is 26.4 Å². The van der Waals surface area contributed by atoms with Crippen LogP contribution in [0.4, 0.5) is 18.9 Å². The summed E-state index contributed by atoms with van der Waals surface area (Å²) in [5.41, 5.74) is -2.30. The fourth-order valence-electron chi connectivity index (χ4n) is 1.39. The molecule has 0 spiro atoms. The Labute approximate surface area is 112 Å². The minimum absolute atomic E-state index is 0.640. The number of sulfonamides is 1. The van der Waals surface area contributed by atoms with Crippen molar-refractivity contribution in [3.8, 4) is 5.75 Å². The van der Waals surface area contributed by atoms with Crippen molar-refractivity contribution in [2.45, 2.75) is 0 Å². The van der Waals surface area contributed by atoms with Crippen molar-refractivity contribution >= 4 is 21.7 Å². The molecule has 1 rings (SSSR count). The number of hydrogen-bond acceptors (Lipinski definition) is 5. The Balaban J connectivity index is 3.76. The second-order valence-corrected chi connectivity index (χ2v) is 5.34. The molecule has 0 bridgehead atoms. The van der Waals surface area contributed by atoms with Crippen molar-refractivity contribution in [2.24, 2.45) is 0 Å². The Hall–Kier alpha value is -1.97. The zero-order chi connectivity index (χ0) is 15.7. The predicted molar refractivity (Wildman–Crippen MR) is 62.7 cm³/mol. The molecule has 0 aliphatic heterocycles. The number of anilines is 1. The fourth-order valence-corrected chi connectivity index (χ4v) is 1.96. The monoisotopic (exact) mass is 313 g/mol. The van der Waals surface area contributed by atoms with Crippen LogP contribution in [0.5, 0.6) is 5.75 Å². The molecule has 1 aromatic carbocycles. The van der Waals surface area contributed by atoms with Gasteiger partial charge < -0.3 is 9.47 Å². The lowest BCUT2D eigenvalue weighted by Crippen LogP contribution is -2.19. The van der Waals surface area contributed by atoms with E-state index in [-0.39, 0.29) is 0 Å². The minimum Gasteiger partial charge on any atom is -0.491 e. The van der Waals surface area contributed by atoms with E-state index in [2.05, 4.69) is 9.47 Å². The quantitative estimate of drug-likeness (QED) is 0.669. The first-order valence-corrected chi connectivity index (χ1v) is 6.83. The van der Waals surface area contributed by atoms with Crippen molar-refractivity contribution in [3.63, 3.8) is 0 Å². The first-order valence-electron chi connectivity index (χ1n) is 4.94. The maximum Gasteiger partial charge on any atom is 0.343 e. The van der Waals surface area contributed by atoms with E-state index in [0.717, 1.165) is 14.2 Å². The maximum absolute atomic E-state index is 13.9. The summed E-state index contributed by atoms with van der Waals surface area (Å²) < 4.78 is 73.5. The predicted octanol–water partition coefficient (Wildman–Crippen LogP) is 1.27. The lowest BCUT2D eigenvalue weighted by molar-refractivity contribution is 0.0594. The van der Waals surface area contributed by atoms with Gasteiger partial charge in [-0.3, -0.25) is 4.72 Å². The van der Waals surface area contributed by atoms with Crippen molar-refractivity contribution in [1.29, 1.82) is 0 Å². The highest BCUT2D eigenvalue weighted by atomic mass is 32.2. The number of carbonyl (C=O) groups excluding carboxylic acids is 1. The number of ether oxygens (including phenoxy) is 2. The smallest absolute Gasteiger partial charge is 0.343 e. The molecule has 0 amide bonds. The molecule has 0 atom stereocenters. The van der Waals surface area contributed by atoms with E-state index in [1.807, 2.05) is 0 Å². The standard InChI is InChI=1S/C10H10F3NO5S/c1-18-9-6(12)5(11)4(10(15)19-2)8(7(9)13)14-20(3,16)17/h14H,1-3H3. The number of hydrogen-bond donors (Lipinski definition) is 1. The van der Waals surface area contributed by atoms with Crippen molar-refractivity contribution in [2.75, 3.05) is 25.2 Å². The average molecular weight is 313 g/mol. The summed E-state index contributed by atoms with van der Waals surface area (Å²) in [6.45, 7) is 0. The van der Waals surface area contributed by atoms with E-state index in [4.69, 9.17) is 0 Å². The van der Waals surface area contributed by atoms with Gasteiger partial charge in [0.2, 0.25) is 15.8 Å². The summed E-state index contributed by atoms with van der Waals surface area (Å²) in [5.74, 6) is -7.75. The van der Waals surface area contributed by atoms with Gasteiger partial charge in [0, 0.05) is 0 Å². The van der Waals surface area contributed by atoms with E-state index in [0.29, 0.717) is 6.26 Å². The molecule has 0 radical (unpaired) electrons. The third-order valence-electron chi connectivity index (χ3n) is 2.16. The summed E-state index contributed by atoms with van der Waals surface area (Å²) in [4.78, 5) is 11.4. The molecule has 0 saturated heterocycles. The highest BCUT2D eigenvalue weighted by molar-refractivity contribution is 7.92. The van der Waals surface area contributed by atoms with Gasteiger partial charge in [-0.1, -0.05) is 0 Å². The topological polar surface area (TPSA) is 81.7 Å². The highest BCUT2D eigenvalue weighted by Crippen LogP contribution is 2.35. The first kappa shape index (κ1) is 16.1. The van der Waals surface area contributed by atoms with Gasteiger partial charge in [-0.2, -0.15) is 4.39 Å². The highest BCUT2D eigenvalue weighted by Gasteiger charge is 2.31. The first-order chi connectivity index (χ1) is 9.14. The lowest BCUT2D eigenvalue weighted by atomic mass is 10.1. The number of esters is 1. The summed E-state index contributed by atoms with van der Waals surface area (Å²) in [6.07, 6.45) is 0.640. The molecule has 1 aromatic rings.